The molecule has 20 heavy (non-hydrogen) atoms. The predicted octanol–water partition coefficient (Wildman–Crippen LogP) is 0.667. The molecule has 4 bridgehead atoms. The SMILES string of the molecule is CC1=CC2C3C4[C@@H]5O[C@@]3(C)[C@@]1(O)[C@@H]5C(=O)[C@@]2(O)C4(C)C. The van der Waals surface area contributed by atoms with Crippen LogP contribution in [0, 0.1) is 29.1 Å². The molecule has 0 aromatic heterocycles. The minimum absolute atomic E-state index is 0.0314. The third-order valence-electron chi connectivity index (χ3n) is 7.67. The van der Waals surface area contributed by atoms with Crippen molar-refractivity contribution in [2.24, 2.45) is 29.1 Å². The van der Waals surface area contributed by atoms with Crippen LogP contribution in [0.3, 0.4) is 0 Å². The minimum atomic E-state index is -1.35. The fraction of sp³-hybridized carbons (Fsp3) is 0.812. The number of ether oxygens (including phenoxy) is 1. The molecule has 2 N–H and O–H groups in total. The second kappa shape index (κ2) is 2.55. The van der Waals surface area contributed by atoms with Crippen LogP contribution in [0.2, 0.25) is 0 Å². The van der Waals surface area contributed by atoms with E-state index in [4.69, 9.17) is 4.74 Å². The largest absolute Gasteiger partial charge is 0.382 e. The van der Waals surface area contributed by atoms with E-state index in [0.29, 0.717) is 0 Å². The zero-order chi connectivity index (χ0) is 14.5. The molecule has 0 aromatic carbocycles. The van der Waals surface area contributed by atoms with Gasteiger partial charge in [0.2, 0.25) is 0 Å². The summed E-state index contributed by atoms with van der Waals surface area (Å²) in [5, 5.41) is 22.6. The number of rotatable bonds is 0. The van der Waals surface area contributed by atoms with Crippen molar-refractivity contribution in [3.05, 3.63) is 11.6 Å². The highest BCUT2D eigenvalue weighted by molar-refractivity contribution is 5.97. The minimum Gasteiger partial charge on any atom is -0.382 e. The summed E-state index contributed by atoms with van der Waals surface area (Å²) < 4.78 is 6.21. The van der Waals surface area contributed by atoms with E-state index in [9.17, 15) is 15.0 Å². The van der Waals surface area contributed by atoms with Gasteiger partial charge in [-0.25, -0.2) is 0 Å². The number of aliphatic hydroxyl groups is 2. The summed E-state index contributed by atoms with van der Waals surface area (Å²) in [5.74, 6) is -0.847. The van der Waals surface area contributed by atoms with E-state index in [-0.39, 0.29) is 29.6 Å². The number of fused-ring (bicyclic) bond motifs is 3. The van der Waals surface area contributed by atoms with Crippen LogP contribution in [0.15, 0.2) is 11.6 Å². The van der Waals surface area contributed by atoms with Gasteiger partial charge in [-0.05, 0) is 19.4 Å². The molecule has 2 aliphatic heterocycles. The van der Waals surface area contributed by atoms with Crippen molar-refractivity contribution < 1.29 is 19.7 Å². The Morgan fingerprint density at radius 2 is 1.80 bits per heavy atom. The van der Waals surface area contributed by atoms with Crippen LogP contribution >= 0.6 is 0 Å². The zero-order valence-corrected chi connectivity index (χ0v) is 12.2. The number of ketones is 1. The molecule has 3 aliphatic carbocycles. The first-order valence-corrected chi connectivity index (χ1v) is 7.49. The molecule has 2 heterocycles. The van der Waals surface area contributed by atoms with Crippen LogP contribution in [0.25, 0.3) is 0 Å². The number of hydrogen-bond acceptors (Lipinski definition) is 4. The monoisotopic (exact) mass is 276 g/mol. The van der Waals surface area contributed by atoms with Crippen molar-refractivity contribution in [3.8, 4) is 0 Å². The van der Waals surface area contributed by atoms with Gasteiger partial charge in [0.1, 0.15) is 16.8 Å². The maximum atomic E-state index is 13.0. The van der Waals surface area contributed by atoms with Gasteiger partial charge in [-0.3, -0.25) is 4.79 Å². The summed E-state index contributed by atoms with van der Waals surface area (Å²) in [5.41, 5.74) is -3.01. The Morgan fingerprint density at radius 1 is 1.15 bits per heavy atom. The zero-order valence-electron chi connectivity index (χ0n) is 12.2. The van der Waals surface area contributed by atoms with E-state index < -0.39 is 28.1 Å². The summed E-state index contributed by atoms with van der Waals surface area (Å²) in [6.45, 7) is 7.78. The maximum Gasteiger partial charge on any atom is 0.174 e. The lowest BCUT2D eigenvalue weighted by Gasteiger charge is -2.53. The van der Waals surface area contributed by atoms with E-state index in [1.165, 1.54) is 0 Å². The Hall–Kier alpha value is -0.710. The first-order chi connectivity index (χ1) is 9.13. The Kier molecular flexibility index (Phi) is 1.52. The second-order valence-corrected chi connectivity index (χ2v) is 8.21. The van der Waals surface area contributed by atoms with Crippen LogP contribution in [0.4, 0.5) is 0 Å². The summed E-state index contributed by atoms with van der Waals surface area (Å²) >= 11 is 0. The Balaban J connectivity index is 1.96. The molecular weight excluding hydrogens is 256 g/mol. The van der Waals surface area contributed by atoms with Gasteiger partial charge < -0.3 is 14.9 Å². The first kappa shape index (κ1) is 11.9. The van der Waals surface area contributed by atoms with Crippen molar-refractivity contribution in [2.75, 3.05) is 0 Å². The van der Waals surface area contributed by atoms with Crippen molar-refractivity contribution in [3.63, 3.8) is 0 Å². The highest BCUT2D eigenvalue weighted by Gasteiger charge is 2.91. The van der Waals surface area contributed by atoms with Crippen LogP contribution in [0.5, 0.6) is 0 Å². The Labute approximate surface area is 117 Å². The van der Waals surface area contributed by atoms with Gasteiger partial charge in [-0.15, -0.1) is 0 Å². The van der Waals surface area contributed by atoms with Crippen molar-refractivity contribution in [1.29, 1.82) is 0 Å². The van der Waals surface area contributed by atoms with Crippen LogP contribution in [-0.4, -0.2) is 38.9 Å². The third kappa shape index (κ3) is 0.678. The molecule has 2 saturated carbocycles. The van der Waals surface area contributed by atoms with Crippen LogP contribution in [0.1, 0.15) is 27.7 Å². The van der Waals surface area contributed by atoms with Crippen molar-refractivity contribution >= 4 is 5.78 Å². The molecule has 108 valence electrons. The van der Waals surface area contributed by atoms with E-state index >= 15 is 0 Å². The van der Waals surface area contributed by atoms with Gasteiger partial charge in [-0.2, -0.15) is 0 Å². The van der Waals surface area contributed by atoms with Crippen molar-refractivity contribution in [2.45, 2.75) is 50.6 Å². The Bertz CT molecular complexity index is 622. The predicted molar refractivity (Wildman–Crippen MR) is 69.7 cm³/mol. The Morgan fingerprint density at radius 3 is 2.45 bits per heavy atom. The fourth-order valence-corrected chi connectivity index (χ4v) is 6.83. The number of carbonyl (C=O) groups excluding carboxylic acids is 1. The lowest BCUT2D eigenvalue weighted by Crippen LogP contribution is -2.67. The van der Waals surface area contributed by atoms with Gasteiger partial charge in [0, 0.05) is 23.2 Å². The molecule has 0 spiro atoms. The average molecular weight is 276 g/mol. The lowest BCUT2D eigenvalue weighted by atomic mass is 9.50. The van der Waals surface area contributed by atoms with Crippen LogP contribution < -0.4 is 0 Å². The maximum absolute atomic E-state index is 13.0. The second-order valence-electron chi connectivity index (χ2n) is 8.21. The smallest absolute Gasteiger partial charge is 0.174 e. The van der Waals surface area contributed by atoms with E-state index in [1.807, 2.05) is 33.8 Å². The van der Waals surface area contributed by atoms with Gasteiger partial charge >= 0.3 is 0 Å². The summed E-state index contributed by atoms with van der Waals surface area (Å²) in [6.07, 6.45) is 1.71. The summed E-state index contributed by atoms with van der Waals surface area (Å²) in [7, 11) is 0. The van der Waals surface area contributed by atoms with Crippen LogP contribution in [-0.2, 0) is 9.53 Å². The number of carbonyl (C=O) groups is 1. The normalized spacial score (nSPS) is 67.2. The molecule has 4 heteroatoms. The molecule has 0 amide bonds. The van der Waals surface area contributed by atoms with Gasteiger partial charge in [0.15, 0.2) is 5.78 Å². The topological polar surface area (TPSA) is 66.8 Å². The summed E-state index contributed by atoms with van der Waals surface area (Å²) in [4.78, 5) is 13.0. The molecule has 0 radical (unpaired) electrons. The molecule has 4 nitrogen and oxygen atoms in total. The fourth-order valence-electron chi connectivity index (χ4n) is 6.83. The molecule has 3 unspecified atom stereocenters. The molecule has 8 atom stereocenters. The van der Waals surface area contributed by atoms with E-state index in [1.54, 1.807) is 0 Å². The highest BCUT2D eigenvalue weighted by atomic mass is 16.6. The molecular formula is C16H20O4. The molecule has 2 saturated heterocycles. The average Bonchev–Trinajstić information content (AvgIpc) is 2.80. The van der Waals surface area contributed by atoms with Gasteiger partial charge in [-0.1, -0.05) is 19.9 Å². The molecule has 5 aliphatic rings. The number of hydrogen-bond donors (Lipinski definition) is 2. The van der Waals surface area contributed by atoms with Gasteiger partial charge in [0.25, 0.3) is 0 Å². The number of Topliss-reactive ketones (excluding diaryl/α,β-unsaturated/α-hetero) is 1. The van der Waals surface area contributed by atoms with Gasteiger partial charge in [0.05, 0.1) is 12.0 Å². The molecule has 0 aromatic rings. The quantitative estimate of drug-likeness (QED) is 0.638. The molecule has 5 rings (SSSR count). The summed E-state index contributed by atoms with van der Waals surface area (Å²) in [6, 6.07) is 0. The lowest BCUT2D eigenvalue weighted by molar-refractivity contribution is -0.177. The standard InChI is InChI=1S/C16H20O4/c1-6-5-7-8-9-11-10(15(6,18)14(8,4)20-11)12(17)16(7,19)13(9,2)3/h5,7-11,18-19H,1-4H3/t7?,8?,9?,10-,11-,14+,15-,16+/m0/s1. The molecule has 4 fully saturated rings. The van der Waals surface area contributed by atoms with E-state index in [0.717, 1.165) is 5.57 Å². The van der Waals surface area contributed by atoms with Crippen molar-refractivity contribution in [1.82, 2.24) is 0 Å². The third-order valence-corrected chi connectivity index (χ3v) is 7.67. The highest BCUT2D eigenvalue weighted by Crippen LogP contribution is 2.79. The first-order valence-electron chi connectivity index (χ1n) is 7.49. The van der Waals surface area contributed by atoms with E-state index in [2.05, 4.69) is 0 Å².